The van der Waals surface area contributed by atoms with Gasteiger partial charge in [0.25, 0.3) is 0 Å². The number of rotatable bonds is 4. The standard InChI is InChI=1S/C14H13NO4S/c1-20(18,19)13-4-2-10(3-5-13)8-12-9-11(14(16)17)6-7-15-12/h2-7,9H,8H2,1H3,(H,16,17). The molecule has 0 bridgehead atoms. The van der Waals surface area contributed by atoms with E-state index in [2.05, 4.69) is 4.98 Å². The van der Waals surface area contributed by atoms with Gasteiger partial charge in [0, 0.05) is 24.6 Å². The molecule has 0 spiro atoms. The van der Waals surface area contributed by atoms with E-state index in [1.54, 1.807) is 12.1 Å². The van der Waals surface area contributed by atoms with E-state index in [9.17, 15) is 13.2 Å². The highest BCUT2D eigenvalue weighted by atomic mass is 32.2. The highest BCUT2D eigenvalue weighted by molar-refractivity contribution is 7.90. The van der Waals surface area contributed by atoms with Crippen molar-refractivity contribution in [3.05, 3.63) is 59.4 Å². The summed E-state index contributed by atoms with van der Waals surface area (Å²) in [7, 11) is -3.20. The molecule has 0 radical (unpaired) electrons. The van der Waals surface area contributed by atoms with Crippen LogP contribution in [-0.2, 0) is 16.3 Å². The molecule has 1 N–H and O–H groups in total. The molecule has 6 heteroatoms. The Labute approximate surface area is 116 Å². The summed E-state index contributed by atoms with van der Waals surface area (Å²) in [5, 5.41) is 8.91. The second-order valence-electron chi connectivity index (χ2n) is 4.43. The maximum atomic E-state index is 11.3. The second kappa shape index (κ2) is 5.42. The predicted octanol–water partition coefficient (Wildman–Crippen LogP) is 1.77. The zero-order chi connectivity index (χ0) is 14.8. The Bertz CT molecular complexity index is 736. The van der Waals surface area contributed by atoms with Gasteiger partial charge in [-0.25, -0.2) is 13.2 Å². The predicted molar refractivity (Wildman–Crippen MR) is 73.6 cm³/mol. The lowest BCUT2D eigenvalue weighted by Gasteiger charge is -2.04. The number of sulfone groups is 1. The van der Waals surface area contributed by atoms with Crippen LogP contribution in [0.2, 0.25) is 0 Å². The summed E-state index contributed by atoms with van der Waals surface area (Å²) in [4.78, 5) is 15.2. The fraction of sp³-hybridized carbons (Fsp3) is 0.143. The molecule has 2 rings (SSSR count). The van der Waals surface area contributed by atoms with E-state index in [0.717, 1.165) is 11.8 Å². The molecular weight excluding hydrogens is 278 g/mol. The monoisotopic (exact) mass is 291 g/mol. The third kappa shape index (κ3) is 3.42. The van der Waals surface area contributed by atoms with Gasteiger partial charge in [0.15, 0.2) is 9.84 Å². The first-order chi connectivity index (χ1) is 9.36. The topological polar surface area (TPSA) is 84.3 Å². The van der Waals surface area contributed by atoms with Crippen molar-refractivity contribution in [2.45, 2.75) is 11.3 Å². The van der Waals surface area contributed by atoms with Gasteiger partial charge in [0.1, 0.15) is 0 Å². The normalized spacial score (nSPS) is 11.2. The maximum Gasteiger partial charge on any atom is 0.335 e. The van der Waals surface area contributed by atoms with Gasteiger partial charge in [0.2, 0.25) is 0 Å². The number of aromatic carboxylic acids is 1. The fourth-order valence-electron chi connectivity index (χ4n) is 1.77. The SMILES string of the molecule is CS(=O)(=O)c1ccc(Cc2cc(C(=O)O)ccn2)cc1. The highest BCUT2D eigenvalue weighted by Gasteiger charge is 2.08. The zero-order valence-electron chi connectivity index (χ0n) is 10.8. The van der Waals surface area contributed by atoms with Crippen LogP contribution in [-0.4, -0.2) is 30.7 Å². The van der Waals surface area contributed by atoms with Gasteiger partial charge >= 0.3 is 5.97 Å². The number of carbonyl (C=O) groups is 1. The van der Waals surface area contributed by atoms with E-state index < -0.39 is 15.8 Å². The number of pyridine rings is 1. The third-order valence-electron chi connectivity index (χ3n) is 2.80. The molecule has 0 aliphatic rings. The molecule has 1 aromatic heterocycles. The maximum absolute atomic E-state index is 11.3. The molecular formula is C14H13NO4S. The smallest absolute Gasteiger partial charge is 0.335 e. The lowest BCUT2D eigenvalue weighted by atomic mass is 10.1. The van der Waals surface area contributed by atoms with E-state index in [1.807, 2.05) is 0 Å². The number of nitrogens with zero attached hydrogens (tertiary/aromatic N) is 1. The van der Waals surface area contributed by atoms with Crippen molar-refractivity contribution >= 4 is 15.8 Å². The van der Waals surface area contributed by atoms with Crippen molar-refractivity contribution in [1.82, 2.24) is 4.98 Å². The van der Waals surface area contributed by atoms with E-state index in [-0.39, 0.29) is 10.5 Å². The Morgan fingerprint density at radius 2 is 1.85 bits per heavy atom. The van der Waals surface area contributed by atoms with Crippen LogP contribution in [0.1, 0.15) is 21.6 Å². The number of benzene rings is 1. The van der Waals surface area contributed by atoms with Gasteiger partial charge in [-0.1, -0.05) is 12.1 Å². The van der Waals surface area contributed by atoms with Gasteiger partial charge < -0.3 is 5.11 Å². The fourth-order valence-corrected chi connectivity index (χ4v) is 2.40. The molecule has 1 aromatic carbocycles. The van der Waals surface area contributed by atoms with E-state index in [1.165, 1.54) is 30.5 Å². The molecule has 0 amide bonds. The Morgan fingerprint density at radius 3 is 2.40 bits per heavy atom. The zero-order valence-corrected chi connectivity index (χ0v) is 11.6. The van der Waals surface area contributed by atoms with Crippen LogP contribution in [0.15, 0.2) is 47.5 Å². The first-order valence-electron chi connectivity index (χ1n) is 5.83. The summed E-state index contributed by atoms with van der Waals surface area (Å²) in [6, 6.07) is 9.40. The minimum atomic E-state index is -3.20. The number of hydrogen-bond acceptors (Lipinski definition) is 4. The van der Waals surface area contributed by atoms with Crippen LogP contribution in [0.4, 0.5) is 0 Å². The molecule has 0 fully saturated rings. The van der Waals surface area contributed by atoms with Crippen LogP contribution in [0.25, 0.3) is 0 Å². The summed E-state index contributed by atoms with van der Waals surface area (Å²) < 4.78 is 22.7. The molecule has 0 atom stereocenters. The first-order valence-corrected chi connectivity index (χ1v) is 7.72. The number of carboxylic acid groups (broad SMARTS) is 1. The van der Waals surface area contributed by atoms with Crippen LogP contribution < -0.4 is 0 Å². The van der Waals surface area contributed by atoms with Crippen molar-refractivity contribution in [2.24, 2.45) is 0 Å². The van der Waals surface area contributed by atoms with E-state index in [0.29, 0.717) is 12.1 Å². The average molecular weight is 291 g/mol. The van der Waals surface area contributed by atoms with Crippen LogP contribution in [0.3, 0.4) is 0 Å². The third-order valence-corrected chi connectivity index (χ3v) is 3.93. The van der Waals surface area contributed by atoms with Gasteiger partial charge in [-0.2, -0.15) is 0 Å². The molecule has 0 aliphatic heterocycles. The quantitative estimate of drug-likeness (QED) is 0.928. The molecule has 0 unspecified atom stereocenters. The Balaban J connectivity index is 2.22. The second-order valence-corrected chi connectivity index (χ2v) is 6.45. The summed E-state index contributed by atoms with van der Waals surface area (Å²) >= 11 is 0. The average Bonchev–Trinajstić information content (AvgIpc) is 2.38. The molecule has 0 saturated heterocycles. The molecule has 0 aliphatic carbocycles. The Morgan fingerprint density at radius 1 is 1.20 bits per heavy atom. The minimum absolute atomic E-state index is 0.183. The highest BCUT2D eigenvalue weighted by Crippen LogP contribution is 2.13. The molecule has 0 saturated carbocycles. The van der Waals surface area contributed by atoms with Crippen molar-refractivity contribution < 1.29 is 18.3 Å². The summed E-state index contributed by atoms with van der Waals surface area (Å²) in [6.07, 6.45) is 3.05. The van der Waals surface area contributed by atoms with E-state index in [4.69, 9.17) is 5.11 Å². The number of carboxylic acids is 1. The number of hydrogen-bond donors (Lipinski definition) is 1. The summed E-state index contributed by atoms with van der Waals surface area (Å²) in [5.41, 5.74) is 1.67. The van der Waals surface area contributed by atoms with Crippen LogP contribution in [0.5, 0.6) is 0 Å². The van der Waals surface area contributed by atoms with Gasteiger partial charge in [0.05, 0.1) is 10.5 Å². The van der Waals surface area contributed by atoms with Crippen molar-refractivity contribution in [3.63, 3.8) is 0 Å². The molecule has 2 aromatic rings. The van der Waals surface area contributed by atoms with Gasteiger partial charge in [-0.3, -0.25) is 4.98 Å². The van der Waals surface area contributed by atoms with Crippen molar-refractivity contribution in [2.75, 3.05) is 6.26 Å². The van der Waals surface area contributed by atoms with E-state index >= 15 is 0 Å². The Hall–Kier alpha value is -2.21. The minimum Gasteiger partial charge on any atom is -0.478 e. The van der Waals surface area contributed by atoms with Gasteiger partial charge in [-0.15, -0.1) is 0 Å². The lowest BCUT2D eigenvalue weighted by molar-refractivity contribution is 0.0696. The molecule has 104 valence electrons. The summed E-state index contributed by atoms with van der Waals surface area (Å²) in [5.74, 6) is -0.999. The molecule has 1 heterocycles. The largest absolute Gasteiger partial charge is 0.478 e. The lowest BCUT2D eigenvalue weighted by Crippen LogP contribution is -2.00. The molecule has 5 nitrogen and oxygen atoms in total. The first kappa shape index (κ1) is 14.2. The molecule has 20 heavy (non-hydrogen) atoms. The van der Waals surface area contributed by atoms with Crippen molar-refractivity contribution in [3.8, 4) is 0 Å². The van der Waals surface area contributed by atoms with Crippen molar-refractivity contribution in [1.29, 1.82) is 0 Å². The number of aromatic nitrogens is 1. The van der Waals surface area contributed by atoms with Crippen LogP contribution >= 0.6 is 0 Å². The van der Waals surface area contributed by atoms with Crippen LogP contribution in [0, 0.1) is 0 Å². The Kier molecular flexibility index (Phi) is 3.85. The van der Waals surface area contributed by atoms with Gasteiger partial charge in [-0.05, 0) is 29.8 Å². The summed E-state index contributed by atoms with van der Waals surface area (Å²) in [6.45, 7) is 0.